The van der Waals surface area contributed by atoms with E-state index in [0.717, 1.165) is 17.0 Å². The van der Waals surface area contributed by atoms with E-state index in [2.05, 4.69) is 35.6 Å². The Balaban J connectivity index is 1.71. The molecule has 3 aromatic rings. The van der Waals surface area contributed by atoms with Crippen LogP contribution in [0.1, 0.15) is 11.6 Å². The molecule has 0 amide bonds. The van der Waals surface area contributed by atoms with Crippen LogP contribution in [0.2, 0.25) is 0 Å². The monoisotopic (exact) mass is 277 g/mol. The van der Waals surface area contributed by atoms with Gasteiger partial charge in [0.25, 0.3) is 0 Å². The molecule has 1 aliphatic heterocycles. The number of nitrogens with one attached hydrogen (secondary N) is 1. The van der Waals surface area contributed by atoms with Gasteiger partial charge in [0.1, 0.15) is 18.1 Å². The van der Waals surface area contributed by atoms with Crippen LogP contribution in [0, 0.1) is 0 Å². The second kappa shape index (κ2) is 4.70. The molecule has 0 saturated heterocycles. The zero-order valence-corrected chi connectivity index (χ0v) is 11.4. The maximum Gasteiger partial charge on any atom is 0.128 e. The molecule has 2 N–H and O–H groups in total. The van der Waals surface area contributed by atoms with Gasteiger partial charge in [-0.05, 0) is 23.6 Å². The van der Waals surface area contributed by atoms with Gasteiger partial charge in [-0.3, -0.25) is 0 Å². The van der Waals surface area contributed by atoms with Crippen molar-refractivity contribution in [2.75, 3.05) is 11.9 Å². The van der Waals surface area contributed by atoms with Gasteiger partial charge in [0.15, 0.2) is 0 Å². The first-order valence-electron chi connectivity index (χ1n) is 7.01. The summed E-state index contributed by atoms with van der Waals surface area (Å²) in [6.07, 6.45) is 0. The normalized spacial score (nSPS) is 16.5. The van der Waals surface area contributed by atoms with Crippen LogP contribution in [0.5, 0.6) is 11.5 Å². The first-order valence-corrected chi connectivity index (χ1v) is 7.01. The smallest absolute Gasteiger partial charge is 0.128 e. The lowest BCUT2D eigenvalue weighted by molar-refractivity contribution is 0.338. The summed E-state index contributed by atoms with van der Waals surface area (Å²) < 4.78 is 5.65. The summed E-state index contributed by atoms with van der Waals surface area (Å²) in [5.74, 6) is 0.993. The molecule has 21 heavy (non-hydrogen) atoms. The average molecular weight is 277 g/mol. The molecule has 4 rings (SSSR count). The maximum absolute atomic E-state index is 9.51. The molecule has 3 aromatic carbocycles. The molecule has 0 aromatic heterocycles. The molecule has 1 unspecified atom stereocenters. The number of hydrogen-bond donors (Lipinski definition) is 2. The molecule has 3 heteroatoms. The van der Waals surface area contributed by atoms with Crippen molar-refractivity contribution < 1.29 is 9.84 Å². The summed E-state index contributed by atoms with van der Waals surface area (Å²) in [5.41, 5.74) is 2.18. The minimum absolute atomic E-state index is 0.103. The maximum atomic E-state index is 9.51. The third kappa shape index (κ3) is 2.07. The number of benzene rings is 3. The Bertz CT molecular complexity index is 808. The molecular formula is C18H15NO2. The van der Waals surface area contributed by atoms with Gasteiger partial charge in [-0.2, -0.15) is 0 Å². The number of fused-ring (bicyclic) bond motifs is 2. The first kappa shape index (κ1) is 12.1. The number of phenolic OH excluding ortho intramolecular Hbond substituents is 1. The van der Waals surface area contributed by atoms with Gasteiger partial charge >= 0.3 is 0 Å². The lowest BCUT2D eigenvalue weighted by Gasteiger charge is -2.15. The van der Waals surface area contributed by atoms with E-state index in [-0.39, 0.29) is 11.8 Å². The number of ether oxygens (including phenoxy) is 1. The molecule has 3 nitrogen and oxygen atoms in total. The third-order valence-electron chi connectivity index (χ3n) is 3.90. The van der Waals surface area contributed by atoms with Crippen LogP contribution in [0.15, 0.2) is 60.7 Å². The van der Waals surface area contributed by atoms with Gasteiger partial charge in [-0.25, -0.2) is 0 Å². The minimum Gasteiger partial charge on any atom is -0.508 e. The molecule has 1 atom stereocenters. The van der Waals surface area contributed by atoms with Crippen molar-refractivity contribution in [3.05, 3.63) is 66.2 Å². The number of phenols is 1. The van der Waals surface area contributed by atoms with Gasteiger partial charge < -0.3 is 15.2 Å². The highest BCUT2D eigenvalue weighted by Gasteiger charge is 2.24. The Hall–Kier alpha value is -2.68. The van der Waals surface area contributed by atoms with Crippen LogP contribution in [-0.4, -0.2) is 11.7 Å². The summed E-state index contributed by atoms with van der Waals surface area (Å²) in [7, 11) is 0. The molecule has 0 radical (unpaired) electrons. The summed E-state index contributed by atoms with van der Waals surface area (Å²) in [6.45, 7) is 0.571. The largest absolute Gasteiger partial charge is 0.508 e. The molecule has 1 aliphatic rings. The fourth-order valence-corrected chi connectivity index (χ4v) is 2.86. The van der Waals surface area contributed by atoms with Crippen molar-refractivity contribution >= 4 is 16.5 Å². The zero-order chi connectivity index (χ0) is 14.2. The topological polar surface area (TPSA) is 41.5 Å². The number of anilines is 1. The number of aromatic hydroxyl groups is 1. The van der Waals surface area contributed by atoms with E-state index in [4.69, 9.17) is 4.74 Å². The van der Waals surface area contributed by atoms with E-state index in [0.29, 0.717) is 6.61 Å². The van der Waals surface area contributed by atoms with Crippen LogP contribution < -0.4 is 10.1 Å². The fourth-order valence-electron chi connectivity index (χ4n) is 2.86. The molecule has 0 saturated carbocycles. The van der Waals surface area contributed by atoms with Crippen molar-refractivity contribution in [2.24, 2.45) is 0 Å². The molecular weight excluding hydrogens is 262 g/mol. The van der Waals surface area contributed by atoms with Crippen LogP contribution in [-0.2, 0) is 0 Å². The van der Waals surface area contributed by atoms with Crippen LogP contribution in [0.4, 0.5) is 5.69 Å². The van der Waals surface area contributed by atoms with Crippen molar-refractivity contribution in [2.45, 2.75) is 6.04 Å². The number of rotatable bonds is 2. The highest BCUT2D eigenvalue weighted by atomic mass is 16.5. The Morgan fingerprint density at radius 1 is 1.00 bits per heavy atom. The summed E-state index contributed by atoms with van der Waals surface area (Å²) in [5, 5.41) is 15.5. The van der Waals surface area contributed by atoms with Crippen molar-refractivity contribution in [3.63, 3.8) is 0 Å². The minimum atomic E-state index is 0.103. The van der Waals surface area contributed by atoms with Crippen molar-refractivity contribution in [3.8, 4) is 11.5 Å². The third-order valence-corrected chi connectivity index (χ3v) is 3.90. The highest BCUT2D eigenvalue weighted by molar-refractivity contribution is 5.94. The van der Waals surface area contributed by atoms with Crippen LogP contribution >= 0.6 is 0 Å². The van der Waals surface area contributed by atoms with E-state index in [1.165, 1.54) is 10.8 Å². The Kier molecular flexibility index (Phi) is 2.71. The molecule has 0 spiro atoms. The lowest BCUT2D eigenvalue weighted by atomic mass is 10.1. The molecule has 0 bridgehead atoms. The van der Waals surface area contributed by atoms with Gasteiger partial charge in [-0.1, -0.05) is 36.4 Å². The van der Waals surface area contributed by atoms with E-state index in [1.54, 1.807) is 12.1 Å². The summed E-state index contributed by atoms with van der Waals surface area (Å²) in [4.78, 5) is 0. The second-order valence-electron chi connectivity index (χ2n) is 5.26. The highest BCUT2D eigenvalue weighted by Crippen LogP contribution is 2.37. The predicted octanol–water partition coefficient (Wildman–Crippen LogP) is 4.09. The van der Waals surface area contributed by atoms with Crippen molar-refractivity contribution in [1.82, 2.24) is 0 Å². The Morgan fingerprint density at radius 2 is 1.86 bits per heavy atom. The predicted molar refractivity (Wildman–Crippen MR) is 83.9 cm³/mol. The average Bonchev–Trinajstić information content (AvgIpc) is 2.90. The van der Waals surface area contributed by atoms with Gasteiger partial charge in [0.05, 0.1) is 6.04 Å². The standard InChI is InChI=1S/C18H15NO2/c20-13-8-9-15-17(11-21-18(15)10-13)19-16-7-3-5-12-4-1-2-6-14(12)16/h1-10,17,19-20H,11H2. The quantitative estimate of drug-likeness (QED) is 0.741. The summed E-state index contributed by atoms with van der Waals surface area (Å²) >= 11 is 0. The Morgan fingerprint density at radius 3 is 2.81 bits per heavy atom. The van der Waals surface area contributed by atoms with Crippen LogP contribution in [0.3, 0.4) is 0 Å². The van der Waals surface area contributed by atoms with E-state index in [9.17, 15) is 5.11 Å². The lowest BCUT2D eigenvalue weighted by Crippen LogP contribution is -2.12. The van der Waals surface area contributed by atoms with Gasteiger partial charge in [0.2, 0.25) is 0 Å². The van der Waals surface area contributed by atoms with Gasteiger partial charge in [0, 0.05) is 22.7 Å². The van der Waals surface area contributed by atoms with Crippen molar-refractivity contribution in [1.29, 1.82) is 0 Å². The van der Waals surface area contributed by atoms with E-state index >= 15 is 0 Å². The molecule has 0 fully saturated rings. The molecule has 0 aliphatic carbocycles. The Labute approximate surface area is 122 Å². The molecule has 104 valence electrons. The SMILES string of the molecule is Oc1ccc2c(c1)OCC2Nc1cccc2ccccc12. The molecule has 1 heterocycles. The first-order chi connectivity index (χ1) is 10.3. The fraction of sp³-hybridized carbons (Fsp3) is 0.111. The number of hydrogen-bond acceptors (Lipinski definition) is 3. The summed E-state index contributed by atoms with van der Waals surface area (Å²) in [6, 6.07) is 19.9. The van der Waals surface area contributed by atoms with Gasteiger partial charge in [-0.15, -0.1) is 0 Å². The van der Waals surface area contributed by atoms with E-state index in [1.807, 2.05) is 18.2 Å². The second-order valence-corrected chi connectivity index (χ2v) is 5.26. The van der Waals surface area contributed by atoms with Crippen LogP contribution in [0.25, 0.3) is 10.8 Å². The van der Waals surface area contributed by atoms with E-state index < -0.39 is 0 Å². The zero-order valence-electron chi connectivity index (χ0n) is 11.4.